The lowest BCUT2D eigenvalue weighted by Gasteiger charge is -2.35. The van der Waals surface area contributed by atoms with Crippen molar-refractivity contribution in [1.29, 1.82) is 0 Å². The summed E-state index contributed by atoms with van der Waals surface area (Å²) in [6.45, 7) is 3.12. The average Bonchev–Trinajstić information content (AvgIpc) is 2.46. The molecule has 0 radical (unpaired) electrons. The molecule has 1 aliphatic heterocycles. The van der Waals surface area contributed by atoms with E-state index in [9.17, 15) is 4.79 Å². The van der Waals surface area contributed by atoms with Crippen LogP contribution in [0.1, 0.15) is 44.6 Å². The van der Waals surface area contributed by atoms with Gasteiger partial charge in [-0.15, -0.1) is 0 Å². The Morgan fingerprint density at radius 1 is 1.32 bits per heavy atom. The standard InChI is InChI=1S/C16H22ClNO/c1-2-15-5-3-4-12-18(15)16(19)11-8-13-6-9-14(17)10-7-13/h6-7,9-10,15H,2-5,8,11-12H2,1H3. The molecule has 2 rings (SSSR count). The molecule has 0 N–H and O–H groups in total. The van der Waals surface area contributed by atoms with Gasteiger partial charge >= 0.3 is 0 Å². The van der Waals surface area contributed by atoms with E-state index in [0.29, 0.717) is 18.4 Å². The quantitative estimate of drug-likeness (QED) is 0.814. The molecule has 1 unspecified atom stereocenters. The van der Waals surface area contributed by atoms with E-state index in [1.165, 1.54) is 18.4 Å². The van der Waals surface area contributed by atoms with Gasteiger partial charge in [0.05, 0.1) is 0 Å². The molecule has 1 saturated heterocycles. The van der Waals surface area contributed by atoms with Crippen molar-refractivity contribution < 1.29 is 4.79 Å². The van der Waals surface area contributed by atoms with Crippen LogP contribution in [0, 0.1) is 0 Å². The Labute approximate surface area is 120 Å². The lowest BCUT2D eigenvalue weighted by atomic mass is 9.99. The molecule has 0 saturated carbocycles. The first-order chi connectivity index (χ1) is 9.20. The Morgan fingerprint density at radius 2 is 2.05 bits per heavy atom. The molecule has 2 nitrogen and oxygen atoms in total. The Hall–Kier alpha value is -1.02. The van der Waals surface area contributed by atoms with Gasteiger partial charge in [-0.3, -0.25) is 4.79 Å². The van der Waals surface area contributed by atoms with Gasteiger partial charge in [-0.2, -0.15) is 0 Å². The number of carbonyl (C=O) groups is 1. The van der Waals surface area contributed by atoms with Gasteiger partial charge in [-0.25, -0.2) is 0 Å². The van der Waals surface area contributed by atoms with Gasteiger partial charge in [0, 0.05) is 24.0 Å². The molecule has 3 heteroatoms. The summed E-state index contributed by atoms with van der Waals surface area (Å²) in [6.07, 6.45) is 6.08. The van der Waals surface area contributed by atoms with Crippen molar-refractivity contribution >= 4 is 17.5 Å². The normalized spacial score (nSPS) is 19.5. The first-order valence-corrected chi connectivity index (χ1v) is 7.62. The minimum absolute atomic E-state index is 0.307. The zero-order valence-electron chi connectivity index (χ0n) is 11.6. The number of benzene rings is 1. The number of aryl methyl sites for hydroxylation is 1. The van der Waals surface area contributed by atoms with Gasteiger partial charge in [-0.05, 0) is 49.8 Å². The van der Waals surface area contributed by atoms with Crippen LogP contribution in [0.5, 0.6) is 0 Å². The van der Waals surface area contributed by atoms with Crippen LogP contribution in [0.2, 0.25) is 5.02 Å². The summed E-state index contributed by atoms with van der Waals surface area (Å²) in [5, 5.41) is 0.747. The summed E-state index contributed by atoms with van der Waals surface area (Å²) in [4.78, 5) is 14.4. The van der Waals surface area contributed by atoms with Gasteiger partial charge < -0.3 is 4.90 Å². The molecular weight excluding hydrogens is 258 g/mol. The highest BCUT2D eigenvalue weighted by molar-refractivity contribution is 6.30. The highest BCUT2D eigenvalue weighted by Gasteiger charge is 2.24. The number of amides is 1. The first-order valence-electron chi connectivity index (χ1n) is 7.24. The van der Waals surface area contributed by atoms with Gasteiger partial charge in [-0.1, -0.05) is 30.7 Å². The lowest BCUT2D eigenvalue weighted by Crippen LogP contribution is -2.43. The molecule has 1 amide bonds. The maximum absolute atomic E-state index is 12.3. The van der Waals surface area contributed by atoms with Crippen LogP contribution < -0.4 is 0 Å². The molecular formula is C16H22ClNO. The number of halogens is 1. The summed E-state index contributed by atoms with van der Waals surface area (Å²) in [7, 11) is 0. The molecule has 1 aliphatic rings. The molecule has 0 aromatic heterocycles. The topological polar surface area (TPSA) is 20.3 Å². The van der Waals surface area contributed by atoms with E-state index >= 15 is 0 Å². The molecule has 104 valence electrons. The van der Waals surface area contributed by atoms with E-state index in [2.05, 4.69) is 11.8 Å². The van der Waals surface area contributed by atoms with Crippen LogP contribution in [0.3, 0.4) is 0 Å². The predicted octanol–water partition coefficient (Wildman–Crippen LogP) is 4.06. The third-order valence-corrected chi connectivity index (χ3v) is 4.21. The third-order valence-electron chi connectivity index (χ3n) is 3.96. The van der Waals surface area contributed by atoms with Crippen LogP contribution in [-0.4, -0.2) is 23.4 Å². The SMILES string of the molecule is CCC1CCCCN1C(=O)CCc1ccc(Cl)cc1. The lowest BCUT2D eigenvalue weighted by molar-refractivity contribution is -0.134. The minimum Gasteiger partial charge on any atom is -0.340 e. The van der Waals surface area contributed by atoms with Crippen molar-refractivity contribution in [2.75, 3.05) is 6.54 Å². The van der Waals surface area contributed by atoms with Crippen molar-refractivity contribution in [2.24, 2.45) is 0 Å². The van der Waals surface area contributed by atoms with Gasteiger partial charge in [0.1, 0.15) is 0 Å². The van der Waals surface area contributed by atoms with E-state index in [4.69, 9.17) is 11.6 Å². The maximum atomic E-state index is 12.3. The molecule has 0 bridgehead atoms. The third kappa shape index (κ3) is 3.97. The Bertz CT molecular complexity index is 415. The molecule has 1 fully saturated rings. The minimum atomic E-state index is 0.307. The first kappa shape index (κ1) is 14.4. The molecule has 1 atom stereocenters. The van der Waals surface area contributed by atoms with Crippen molar-refractivity contribution in [2.45, 2.75) is 51.5 Å². The van der Waals surface area contributed by atoms with Crippen molar-refractivity contribution in [1.82, 2.24) is 4.90 Å². The number of piperidine rings is 1. The highest BCUT2D eigenvalue weighted by Crippen LogP contribution is 2.21. The molecule has 0 spiro atoms. The Balaban J connectivity index is 1.87. The molecule has 1 aromatic rings. The predicted molar refractivity (Wildman–Crippen MR) is 79.4 cm³/mol. The number of rotatable bonds is 4. The van der Waals surface area contributed by atoms with Crippen molar-refractivity contribution in [3.8, 4) is 0 Å². The fraction of sp³-hybridized carbons (Fsp3) is 0.562. The van der Waals surface area contributed by atoms with E-state index in [0.717, 1.165) is 30.8 Å². The average molecular weight is 280 g/mol. The van der Waals surface area contributed by atoms with Gasteiger partial charge in [0.2, 0.25) is 5.91 Å². The van der Waals surface area contributed by atoms with Gasteiger partial charge in [0.15, 0.2) is 0 Å². The maximum Gasteiger partial charge on any atom is 0.223 e. The smallest absolute Gasteiger partial charge is 0.223 e. The van der Waals surface area contributed by atoms with Crippen molar-refractivity contribution in [3.05, 3.63) is 34.9 Å². The second kappa shape index (κ2) is 6.95. The highest BCUT2D eigenvalue weighted by atomic mass is 35.5. The Morgan fingerprint density at radius 3 is 2.74 bits per heavy atom. The summed E-state index contributed by atoms with van der Waals surface area (Å²) in [5.41, 5.74) is 1.18. The molecule has 0 aliphatic carbocycles. The van der Waals surface area contributed by atoms with Crippen LogP contribution in [0.4, 0.5) is 0 Å². The van der Waals surface area contributed by atoms with Crippen LogP contribution >= 0.6 is 11.6 Å². The number of carbonyl (C=O) groups excluding carboxylic acids is 1. The fourth-order valence-corrected chi connectivity index (χ4v) is 2.93. The fourth-order valence-electron chi connectivity index (χ4n) is 2.80. The zero-order valence-corrected chi connectivity index (χ0v) is 12.3. The van der Waals surface area contributed by atoms with Crippen LogP contribution in [0.25, 0.3) is 0 Å². The summed E-state index contributed by atoms with van der Waals surface area (Å²) < 4.78 is 0. The van der Waals surface area contributed by atoms with E-state index in [1.54, 1.807) is 0 Å². The number of hydrogen-bond acceptors (Lipinski definition) is 1. The van der Waals surface area contributed by atoms with Crippen LogP contribution in [0.15, 0.2) is 24.3 Å². The van der Waals surface area contributed by atoms with Gasteiger partial charge in [0.25, 0.3) is 0 Å². The largest absolute Gasteiger partial charge is 0.340 e. The molecule has 1 aromatic carbocycles. The Kier molecular flexibility index (Phi) is 5.26. The summed E-state index contributed by atoms with van der Waals surface area (Å²) in [6, 6.07) is 8.24. The van der Waals surface area contributed by atoms with Crippen LogP contribution in [-0.2, 0) is 11.2 Å². The summed E-state index contributed by atoms with van der Waals surface area (Å²) >= 11 is 5.86. The molecule has 19 heavy (non-hydrogen) atoms. The molecule has 1 heterocycles. The monoisotopic (exact) mass is 279 g/mol. The zero-order chi connectivity index (χ0) is 13.7. The van der Waals surface area contributed by atoms with Crippen molar-refractivity contribution in [3.63, 3.8) is 0 Å². The number of hydrogen-bond donors (Lipinski definition) is 0. The summed E-state index contributed by atoms with van der Waals surface area (Å²) in [5.74, 6) is 0.307. The number of likely N-dealkylation sites (tertiary alicyclic amines) is 1. The van der Waals surface area contributed by atoms with E-state index in [1.807, 2.05) is 24.3 Å². The second-order valence-electron chi connectivity index (χ2n) is 5.27. The van der Waals surface area contributed by atoms with E-state index in [-0.39, 0.29) is 0 Å². The van der Waals surface area contributed by atoms with E-state index < -0.39 is 0 Å². The second-order valence-corrected chi connectivity index (χ2v) is 5.71. The number of nitrogens with zero attached hydrogens (tertiary/aromatic N) is 1.